The van der Waals surface area contributed by atoms with Crippen LogP contribution in [0.1, 0.15) is 54.8 Å². The minimum atomic E-state index is -4.07. The van der Waals surface area contributed by atoms with Crippen LogP contribution in [0.25, 0.3) is 22.5 Å². The van der Waals surface area contributed by atoms with Gasteiger partial charge < -0.3 is 20.1 Å². The molecule has 3 heterocycles. The maximum atomic E-state index is 12.1. The number of anilines is 1. The lowest BCUT2D eigenvalue weighted by molar-refractivity contribution is 0.0602. The number of aryl methyl sites for hydroxylation is 1. The number of nitrogens with zero attached hydrogens (tertiary/aromatic N) is 5. The van der Waals surface area contributed by atoms with E-state index >= 15 is 0 Å². The van der Waals surface area contributed by atoms with Gasteiger partial charge in [0, 0.05) is 18.5 Å². The minimum absolute atomic E-state index is 0.0143. The van der Waals surface area contributed by atoms with Gasteiger partial charge in [0.1, 0.15) is 26.9 Å². The topological polar surface area (TPSA) is 248 Å². The Kier molecular flexibility index (Phi) is 10.4. The van der Waals surface area contributed by atoms with Crippen LogP contribution in [0.3, 0.4) is 0 Å². The number of hydrogen-bond acceptors (Lipinski definition) is 11. The maximum Gasteiger partial charge on any atom is 0.354 e. The lowest BCUT2D eigenvalue weighted by atomic mass is 9.98. The largest absolute Gasteiger partial charge is 0.477 e. The molecule has 1 aliphatic heterocycles. The monoisotopic (exact) mass is 743 g/mol. The first-order valence-electron chi connectivity index (χ1n) is 15.1. The number of rotatable bonds is 9. The Morgan fingerprint density at radius 3 is 2.36 bits per heavy atom. The highest BCUT2D eigenvalue weighted by Crippen LogP contribution is 2.33. The molecule has 1 aliphatic rings. The lowest BCUT2D eigenvalue weighted by Gasteiger charge is -2.20. The molecule has 264 valence electrons. The number of imidazole rings is 1. The van der Waals surface area contributed by atoms with Crippen LogP contribution in [0.2, 0.25) is 5.02 Å². The van der Waals surface area contributed by atoms with E-state index in [1.165, 1.54) is 6.07 Å². The normalized spacial score (nSPS) is 13.9. The van der Waals surface area contributed by atoms with Crippen molar-refractivity contribution < 1.29 is 31.8 Å². The van der Waals surface area contributed by atoms with Gasteiger partial charge in [0.15, 0.2) is 5.69 Å². The second-order valence-electron chi connectivity index (χ2n) is 11.7. The number of sulfonamides is 2. The second-order valence-corrected chi connectivity index (χ2v) is 15.4. The molecule has 0 fully saturated rings. The Balaban J connectivity index is 0.000000240. The summed E-state index contributed by atoms with van der Waals surface area (Å²) in [4.78, 5) is 16.0. The summed E-state index contributed by atoms with van der Waals surface area (Å²) in [6.07, 6.45) is 1.43. The van der Waals surface area contributed by atoms with Crippen LogP contribution in [-0.2, 0) is 38.6 Å². The number of fused-ring (bicyclic) bond motifs is 1. The molecule has 0 spiro atoms. The summed E-state index contributed by atoms with van der Waals surface area (Å²) in [6, 6.07) is 17.9. The molecular formula is C31H34ClN9O7S2. The standard InChI is InChI=1S/C24H26N6O3.C7H8ClN3O4S2/c1-4-7-19-25-21(24(2,3)33)20(23(31)32)30(19)14-15-10-12-16(13-11-15)17-8-5-6-9-18(17)22-26-28-29-27-22;8-4-1-5-7(2-6(4)16(9,12)13)17(14,15)11-3-10-5/h5-6,8-13,33H,4,7,14H2,1-3H3,(H,31,32)(H,26,27,28,29);1-2,10-11H,3H2,(H2,9,12,13). The zero-order valence-corrected chi connectivity index (χ0v) is 29.4. The molecule has 0 aliphatic carbocycles. The number of benzene rings is 3. The highest BCUT2D eigenvalue weighted by atomic mass is 35.5. The number of H-pyrrole nitrogens is 1. The van der Waals surface area contributed by atoms with Gasteiger partial charge in [0.2, 0.25) is 25.9 Å². The van der Waals surface area contributed by atoms with Crippen LogP contribution in [-0.4, -0.2) is 69.9 Å². The number of carboxylic acids is 1. The van der Waals surface area contributed by atoms with Crippen LogP contribution >= 0.6 is 11.6 Å². The first-order valence-corrected chi connectivity index (χ1v) is 18.5. The van der Waals surface area contributed by atoms with Gasteiger partial charge in [0.05, 0.1) is 17.4 Å². The number of primary sulfonamides is 1. The number of aromatic amines is 1. The summed E-state index contributed by atoms with van der Waals surface area (Å²) in [6.45, 7) is 5.47. The molecular weight excluding hydrogens is 710 g/mol. The van der Waals surface area contributed by atoms with Crippen LogP contribution < -0.4 is 15.2 Å². The van der Waals surface area contributed by atoms with E-state index in [9.17, 15) is 31.8 Å². The van der Waals surface area contributed by atoms with Crippen LogP contribution in [0.4, 0.5) is 5.69 Å². The van der Waals surface area contributed by atoms with E-state index in [4.69, 9.17) is 16.7 Å². The average molecular weight is 744 g/mol. The summed E-state index contributed by atoms with van der Waals surface area (Å²) in [5.41, 5.74) is 2.83. The number of carboxylic acid groups (broad SMARTS) is 1. The van der Waals surface area contributed by atoms with Crippen LogP contribution in [0, 0.1) is 0 Å². The van der Waals surface area contributed by atoms with Crippen molar-refractivity contribution in [2.75, 3.05) is 12.0 Å². The van der Waals surface area contributed by atoms with Crippen molar-refractivity contribution in [2.24, 2.45) is 5.14 Å². The Bertz CT molecular complexity index is 2250. The Morgan fingerprint density at radius 2 is 1.78 bits per heavy atom. The smallest absolute Gasteiger partial charge is 0.354 e. The van der Waals surface area contributed by atoms with Gasteiger partial charge in [-0.2, -0.15) is 9.94 Å². The van der Waals surface area contributed by atoms with Gasteiger partial charge in [-0.1, -0.05) is 67.1 Å². The number of hydrogen-bond donors (Lipinski definition) is 6. The first kappa shape index (κ1) is 36.6. The van der Waals surface area contributed by atoms with E-state index in [-0.39, 0.29) is 33.7 Å². The molecule has 5 aromatic rings. The third-order valence-corrected chi connectivity index (χ3v) is 10.4. The molecule has 7 N–H and O–H groups in total. The third kappa shape index (κ3) is 7.85. The number of halogens is 1. The molecule has 0 unspecified atom stereocenters. The first-order chi connectivity index (χ1) is 23.5. The van der Waals surface area contributed by atoms with Crippen molar-refractivity contribution in [3.63, 3.8) is 0 Å². The molecule has 0 radical (unpaired) electrons. The molecule has 3 aromatic carbocycles. The predicted molar refractivity (Wildman–Crippen MR) is 184 cm³/mol. The SMILES string of the molecule is CCCc1nc(C(C)(C)O)c(C(=O)O)n1Cc1ccc(-c2ccccc2-c2nn[nH]n2)cc1.NS(=O)(=O)c1cc2c(cc1Cl)NCNS2(=O)=O. The fraction of sp³-hybridized carbons (Fsp3) is 0.258. The van der Waals surface area contributed by atoms with Gasteiger partial charge in [-0.3, -0.25) is 0 Å². The van der Waals surface area contributed by atoms with Gasteiger partial charge in [-0.25, -0.2) is 31.8 Å². The lowest BCUT2D eigenvalue weighted by Crippen LogP contribution is -2.34. The van der Waals surface area contributed by atoms with E-state index in [0.29, 0.717) is 24.6 Å². The molecule has 0 saturated carbocycles. The summed E-state index contributed by atoms with van der Waals surface area (Å²) < 4.78 is 49.6. The van der Waals surface area contributed by atoms with Gasteiger partial charge in [0.25, 0.3) is 0 Å². The zero-order valence-electron chi connectivity index (χ0n) is 27.0. The number of aromatic carboxylic acids is 1. The highest BCUT2D eigenvalue weighted by Gasteiger charge is 2.31. The molecule has 19 heteroatoms. The Labute approximate surface area is 292 Å². The number of nitrogens with one attached hydrogen (secondary N) is 3. The fourth-order valence-corrected chi connectivity index (χ4v) is 7.61. The quantitative estimate of drug-likeness (QED) is 0.127. The molecule has 2 aromatic heterocycles. The van der Waals surface area contributed by atoms with Crippen LogP contribution in [0.5, 0.6) is 0 Å². The molecule has 0 atom stereocenters. The number of nitrogens with two attached hydrogens (primary N) is 1. The minimum Gasteiger partial charge on any atom is -0.477 e. The molecule has 0 bridgehead atoms. The van der Waals surface area contributed by atoms with Crippen molar-refractivity contribution in [1.82, 2.24) is 34.9 Å². The summed E-state index contributed by atoms with van der Waals surface area (Å²) >= 11 is 5.72. The summed E-state index contributed by atoms with van der Waals surface area (Å²) in [5, 5.41) is 42.2. The summed E-state index contributed by atoms with van der Waals surface area (Å²) in [5.74, 6) is 0.0636. The van der Waals surface area contributed by atoms with Gasteiger partial charge in [-0.15, -0.1) is 10.2 Å². The third-order valence-electron chi connectivity index (χ3n) is 7.59. The molecule has 0 saturated heterocycles. The van der Waals surface area contributed by atoms with Crippen molar-refractivity contribution in [3.05, 3.63) is 88.5 Å². The van der Waals surface area contributed by atoms with E-state index in [1.807, 2.05) is 55.5 Å². The van der Waals surface area contributed by atoms with Crippen molar-refractivity contribution in [1.29, 1.82) is 0 Å². The second kappa shape index (κ2) is 14.3. The van der Waals surface area contributed by atoms with E-state index in [0.717, 1.165) is 34.7 Å². The van der Waals surface area contributed by atoms with Crippen molar-refractivity contribution in [2.45, 2.75) is 55.5 Å². The van der Waals surface area contributed by atoms with Crippen molar-refractivity contribution in [3.8, 4) is 22.5 Å². The Hall–Kier alpha value is -4.72. The number of aromatic nitrogens is 6. The molecule has 6 rings (SSSR count). The number of tetrazole rings is 1. The maximum absolute atomic E-state index is 12.1. The molecule has 16 nitrogen and oxygen atoms in total. The van der Waals surface area contributed by atoms with Crippen LogP contribution in [0.15, 0.2) is 70.5 Å². The Morgan fingerprint density at radius 1 is 1.10 bits per heavy atom. The predicted octanol–water partition coefficient (Wildman–Crippen LogP) is 3.31. The highest BCUT2D eigenvalue weighted by molar-refractivity contribution is 7.90. The zero-order chi connectivity index (χ0) is 36.4. The average Bonchev–Trinajstić information content (AvgIpc) is 3.70. The van der Waals surface area contributed by atoms with Gasteiger partial charge in [-0.05, 0) is 54.3 Å². The van der Waals surface area contributed by atoms with E-state index < -0.39 is 36.5 Å². The molecule has 0 amide bonds. The molecule has 50 heavy (non-hydrogen) atoms. The fourth-order valence-electron chi connectivity index (χ4n) is 5.32. The number of carbonyl (C=O) groups is 1. The van der Waals surface area contributed by atoms with E-state index in [1.54, 1.807) is 18.4 Å². The summed E-state index contributed by atoms with van der Waals surface area (Å²) in [7, 11) is -7.80. The number of aliphatic hydroxyl groups is 1. The van der Waals surface area contributed by atoms with Crippen molar-refractivity contribution >= 4 is 43.3 Å². The van der Waals surface area contributed by atoms with Gasteiger partial charge >= 0.3 is 5.97 Å². The van der Waals surface area contributed by atoms with E-state index in [2.05, 4.69) is 35.6 Å².